The van der Waals surface area contributed by atoms with Crippen molar-refractivity contribution >= 4 is 5.69 Å². The van der Waals surface area contributed by atoms with Crippen molar-refractivity contribution in [2.45, 2.75) is 32.4 Å². The summed E-state index contributed by atoms with van der Waals surface area (Å²) in [6, 6.07) is 6.57. The molecule has 1 unspecified atom stereocenters. The molecule has 1 rings (SSSR count). The second-order valence-electron chi connectivity index (χ2n) is 4.60. The van der Waals surface area contributed by atoms with Crippen molar-refractivity contribution < 1.29 is 14.8 Å². The average Bonchev–Trinajstić information content (AvgIpc) is 2.44. The highest BCUT2D eigenvalue weighted by atomic mass is 16.6. The molecule has 1 aromatic carbocycles. The Hall–Kier alpha value is -1.50. The number of hydrogen-bond acceptors (Lipinski definition) is 5. The van der Waals surface area contributed by atoms with Crippen LogP contribution < -0.4 is 5.32 Å². The molecule has 0 aliphatic heterocycles. The lowest BCUT2D eigenvalue weighted by Crippen LogP contribution is -2.30. The highest BCUT2D eigenvalue weighted by Gasteiger charge is 2.12. The van der Waals surface area contributed by atoms with E-state index < -0.39 is 11.0 Å². The van der Waals surface area contributed by atoms with Gasteiger partial charge in [-0.25, -0.2) is 0 Å². The molecule has 2 N–H and O–H groups in total. The van der Waals surface area contributed by atoms with E-state index in [9.17, 15) is 15.2 Å². The molecule has 0 bridgehead atoms. The number of nitrogens with one attached hydrogen (secondary N) is 1. The lowest BCUT2D eigenvalue weighted by molar-refractivity contribution is -0.385. The zero-order valence-electron chi connectivity index (χ0n) is 11.7. The van der Waals surface area contributed by atoms with Crippen molar-refractivity contribution in [3.8, 4) is 0 Å². The molecule has 0 spiro atoms. The molecule has 0 radical (unpaired) electrons. The van der Waals surface area contributed by atoms with Crippen molar-refractivity contribution in [3.63, 3.8) is 0 Å². The Morgan fingerprint density at radius 1 is 1.45 bits per heavy atom. The third-order valence-corrected chi connectivity index (χ3v) is 2.84. The number of hydrogen-bond donors (Lipinski definition) is 2. The van der Waals surface area contributed by atoms with Gasteiger partial charge in [0.05, 0.1) is 17.6 Å². The van der Waals surface area contributed by atoms with Crippen LogP contribution in [0.1, 0.15) is 25.3 Å². The van der Waals surface area contributed by atoms with E-state index in [0.29, 0.717) is 25.3 Å². The maximum absolute atomic E-state index is 10.8. The van der Waals surface area contributed by atoms with E-state index in [0.717, 1.165) is 12.8 Å². The van der Waals surface area contributed by atoms with E-state index in [4.69, 9.17) is 4.74 Å². The number of aliphatic hydroxyl groups excluding tert-OH is 1. The summed E-state index contributed by atoms with van der Waals surface area (Å²) in [5.41, 5.74) is 0.699. The summed E-state index contributed by atoms with van der Waals surface area (Å²) in [6.07, 6.45) is 1.44. The first-order valence-corrected chi connectivity index (χ1v) is 6.84. The molecule has 0 heterocycles. The topological polar surface area (TPSA) is 84.6 Å². The largest absolute Gasteiger partial charge is 0.389 e. The molecule has 6 heteroatoms. The maximum atomic E-state index is 10.8. The number of aliphatic hydroxyl groups is 1. The number of benzene rings is 1. The summed E-state index contributed by atoms with van der Waals surface area (Å²) in [4.78, 5) is 10.4. The van der Waals surface area contributed by atoms with Crippen molar-refractivity contribution in [2.24, 2.45) is 0 Å². The lowest BCUT2D eigenvalue weighted by atomic mass is 10.2. The van der Waals surface area contributed by atoms with Crippen LogP contribution in [0.3, 0.4) is 0 Å². The van der Waals surface area contributed by atoms with Crippen LogP contribution in [0.5, 0.6) is 0 Å². The van der Waals surface area contributed by atoms with Crippen LogP contribution in [0.25, 0.3) is 0 Å². The summed E-state index contributed by atoms with van der Waals surface area (Å²) in [5.74, 6) is 0. The molecule has 1 aromatic rings. The zero-order valence-corrected chi connectivity index (χ0v) is 11.7. The van der Waals surface area contributed by atoms with Gasteiger partial charge in [0.15, 0.2) is 0 Å². The van der Waals surface area contributed by atoms with Gasteiger partial charge in [0.1, 0.15) is 0 Å². The Labute approximate surface area is 118 Å². The number of nitrogens with zero attached hydrogens (tertiary/aromatic N) is 1. The third-order valence-electron chi connectivity index (χ3n) is 2.84. The molecular formula is C14H22N2O4. The van der Waals surface area contributed by atoms with E-state index in [1.807, 2.05) is 0 Å². The van der Waals surface area contributed by atoms with Gasteiger partial charge in [-0.1, -0.05) is 31.5 Å². The molecule has 0 aliphatic carbocycles. The van der Waals surface area contributed by atoms with Crippen LogP contribution in [-0.2, 0) is 11.3 Å². The standard InChI is InChI=1S/C14H22N2O4/c1-2-3-8-20-11-13(17)10-15-9-12-6-4-5-7-14(12)16(18)19/h4-7,13,15,17H,2-3,8-11H2,1H3. The molecule has 0 fully saturated rings. The van der Waals surface area contributed by atoms with Crippen LogP contribution in [-0.4, -0.2) is 35.9 Å². The molecule has 0 aliphatic rings. The molecule has 0 saturated carbocycles. The van der Waals surface area contributed by atoms with Crippen molar-refractivity contribution in [1.29, 1.82) is 0 Å². The molecule has 0 amide bonds. The van der Waals surface area contributed by atoms with Crippen LogP contribution >= 0.6 is 0 Å². The molecular weight excluding hydrogens is 260 g/mol. The lowest BCUT2D eigenvalue weighted by Gasteiger charge is -2.12. The predicted molar refractivity (Wildman–Crippen MR) is 76.5 cm³/mol. The molecule has 6 nitrogen and oxygen atoms in total. The number of para-hydroxylation sites is 1. The van der Waals surface area contributed by atoms with E-state index in [1.165, 1.54) is 6.07 Å². The molecule has 112 valence electrons. The quantitative estimate of drug-likeness (QED) is 0.389. The number of rotatable bonds is 10. The predicted octanol–water partition coefficient (Wildman–Crippen LogP) is 1.86. The van der Waals surface area contributed by atoms with E-state index in [1.54, 1.807) is 18.2 Å². The van der Waals surface area contributed by atoms with Crippen LogP contribution in [0, 0.1) is 10.1 Å². The minimum Gasteiger partial charge on any atom is -0.389 e. The molecule has 0 saturated heterocycles. The van der Waals surface area contributed by atoms with Gasteiger partial charge in [0, 0.05) is 31.3 Å². The van der Waals surface area contributed by atoms with Gasteiger partial charge < -0.3 is 15.2 Å². The summed E-state index contributed by atoms with van der Waals surface area (Å²) < 4.78 is 5.30. The van der Waals surface area contributed by atoms with Crippen LogP contribution in [0.2, 0.25) is 0 Å². The Bertz CT molecular complexity index is 412. The molecule has 0 aromatic heterocycles. The molecule has 1 atom stereocenters. The van der Waals surface area contributed by atoms with Gasteiger partial charge in [-0.05, 0) is 6.42 Å². The van der Waals surface area contributed by atoms with Crippen molar-refractivity contribution in [1.82, 2.24) is 5.32 Å². The van der Waals surface area contributed by atoms with Crippen molar-refractivity contribution in [3.05, 3.63) is 39.9 Å². The maximum Gasteiger partial charge on any atom is 0.273 e. The normalized spacial score (nSPS) is 12.3. The monoisotopic (exact) mass is 282 g/mol. The Morgan fingerprint density at radius 2 is 2.20 bits per heavy atom. The van der Waals surface area contributed by atoms with Gasteiger partial charge >= 0.3 is 0 Å². The van der Waals surface area contributed by atoms with E-state index in [-0.39, 0.29) is 12.3 Å². The van der Waals surface area contributed by atoms with Gasteiger partial charge in [0.25, 0.3) is 5.69 Å². The summed E-state index contributed by atoms with van der Waals surface area (Å²) in [6.45, 7) is 3.71. The first kappa shape index (κ1) is 16.6. The number of nitro groups is 1. The minimum atomic E-state index is -0.602. The zero-order chi connectivity index (χ0) is 14.8. The van der Waals surface area contributed by atoms with Crippen molar-refractivity contribution in [2.75, 3.05) is 19.8 Å². The Balaban J connectivity index is 2.28. The summed E-state index contributed by atoms with van der Waals surface area (Å²) >= 11 is 0. The van der Waals surface area contributed by atoms with Gasteiger partial charge in [0.2, 0.25) is 0 Å². The highest BCUT2D eigenvalue weighted by Crippen LogP contribution is 2.16. The Morgan fingerprint density at radius 3 is 2.90 bits per heavy atom. The number of nitro benzene ring substituents is 1. The van der Waals surface area contributed by atoms with E-state index in [2.05, 4.69) is 12.2 Å². The van der Waals surface area contributed by atoms with Gasteiger partial charge in [-0.2, -0.15) is 0 Å². The fourth-order valence-electron chi connectivity index (χ4n) is 1.74. The average molecular weight is 282 g/mol. The van der Waals surface area contributed by atoms with E-state index >= 15 is 0 Å². The van der Waals surface area contributed by atoms with Gasteiger partial charge in [-0.15, -0.1) is 0 Å². The van der Waals surface area contributed by atoms with Gasteiger partial charge in [-0.3, -0.25) is 10.1 Å². The third kappa shape index (κ3) is 6.10. The minimum absolute atomic E-state index is 0.0914. The first-order chi connectivity index (χ1) is 9.65. The summed E-state index contributed by atoms with van der Waals surface area (Å²) in [5, 5.41) is 23.5. The Kier molecular flexibility index (Phi) is 7.79. The number of ether oxygens (including phenoxy) is 1. The fraction of sp³-hybridized carbons (Fsp3) is 0.571. The van der Waals surface area contributed by atoms with Crippen LogP contribution in [0.4, 0.5) is 5.69 Å². The SMILES string of the molecule is CCCCOCC(O)CNCc1ccccc1[N+](=O)[O-]. The second-order valence-corrected chi connectivity index (χ2v) is 4.60. The highest BCUT2D eigenvalue weighted by molar-refractivity contribution is 5.39. The number of unbranched alkanes of at least 4 members (excludes halogenated alkanes) is 1. The van der Waals surface area contributed by atoms with Crippen LogP contribution in [0.15, 0.2) is 24.3 Å². The first-order valence-electron chi connectivity index (χ1n) is 6.84. The fourth-order valence-corrected chi connectivity index (χ4v) is 1.74. The smallest absolute Gasteiger partial charge is 0.273 e. The summed E-state index contributed by atoms with van der Waals surface area (Å²) in [7, 11) is 0. The second kappa shape index (κ2) is 9.41. The molecule has 20 heavy (non-hydrogen) atoms.